The molecule has 0 bridgehead atoms. The third-order valence-electron chi connectivity index (χ3n) is 8.75. The Morgan fingerprint density at radius 3 is 2.52 bits per heavy atom. The molecule has 15 nitrogen and oxygen atoms in total. The third kappa shape index (κ3) is 9.48. The van der Waals surface area contributed by atoms with Crippen molar-refractivity contribution in [2.45, 2.75) is 75.6 Å². The summed E-state index contributed by atoms with van der Waals surface area (Å²) in [6.07, 6.45) is -2.39. The number of aliphatic hydroxyl groups is 1. The van der Waals surface area contributed by atoms with E-state index in [1.807, 2.05) is 20.8 Å². The topological polar surface area (TPSA) is 180 Å². The first-order valence-electron chi connectivity index (χ1n) is 16.8. The van der Waals surface area contributed by atoms with Gasteiger partial charge in [0.2, 0.25) is 16.8 Å². The first-order valence-corrected chi connectivity index (χ1v) is 18.3. The van der Waals surface area contributed by atoms with Crippen LogP contribution in [-0.2, 0) is 35.4 Å². The van der Waals surface area contributed by atoms with Crippen molar-refractivity contribution in [2.24, 2.45) is 11.8 Å². The normalized spacial score (nSPS) is 21.4. The van der Waals surface area contributed by atoms with E-state index < -0.39 is 46.7 Å². The van der Waals surface area contributed by atoms with Gasteiger partial charge in [0, 0.05) is 19.2 Å². The van der Waals surface area contributed by atoms with Gasteiger partial charge < -0.3 is 48.9 Å². The first-order chi connectivity index (χ1) is 24.0. The van der Waals surface area contributed by atoms with Crippen LogP contribution in [0, 0.1) is 11.8 Å². The lowest BCUT2D eigenvalue weighted by Crippen LogP contribution is -2.51. The maximum atomic E-state index is 13.9. The highest BCUT2D eigenvalue weighted by Gasteiger charge is 2.44. The molecule has 16 heteroatoms. The monoisotopic (exact) mass is 721 g/mol. The molecule has 1 unspecified atom stereocenters. The van der Waals surface area contributed by atoms with Crippen LogP contribution in [0.1, 0.15) is 39.2 Å². The van der Waals surface area contributed by atoms with E-state index in [-0.39, 0.29) is 62.3 Å². The quantitative estimate of drug-likeness (QED) is 0.231. The number of aliphatic hydroxyl groups excluding tert-OH is 1. The van der Waals surface area contributed by atoms with Crippen molar-refractivity contribution in [3.63, 3.8) is 0 Å². The lowest BCUT2D eigenvalue weighted by Gasteiger charge is -2.31. The number of hydrogen-bond donors (Lipinski definition) is 3. The molecular formula is C34H47N3O12S. The predicted octanol–water partition coefficient (Wildman–Crippen LogP) is 3.04. The van der Waals surface area contributed by atoms with Gasteiger partial charge in [-0.1, -0.05) is 32.9 Å². The predicted molar refractivity (Wildman–Crippen MR) is 178 cm³/mol. The van der Waals surface area contributed by atoms with Crippen molar-refractivity contribution in [2.75, 3.05) is 46.8 Å². The molecule has 5 rings (SSSR count). The van der Waals surface area contributed by atoms with Crippen LogP contribution in [0.5, 0.6) is 17.2 Å². The van der Waals surface area contributed by atoms with E-state index >= 15 is 0 Å². The van der Waals surface area contributed by atoms with E-state index in [1.165, 1.54) is 29.6 Å². The van der Waals surface area contributed by atoms with Crippen LogP contribution < -0.4 is 24.8 Å². The van der Waals surface area contributed by atoms with Gasteiger partial charge in [-0.25, -0.2) is 18.0 Å². The van der Waals surface area contributed by atoms with Crippen LogP contribution in [0.3, 0.4) is 0 Å². The Bertz CT molecular complexity index is 1560. The van der Waals surface area contributed by atoms with E-state index in [4.69, 9.17) is 28.4 Å². The van der Waals surface area contributed by atoms with Gasteiger partial charge in [0.15, 0.2) is 17.8 Å². The molecular weight excluding hydrogens is 674 g/mol. The van der Waals surface area contributed by atoms with E-state index in [0.29, 0.717) is 36.7 Å². The molecule has 0 saturated carbocycles. The van der Waals surface area contributed by atoms with Gasteiger partial charge in [-0.15, -0.1) is 0 Å². The highest BCUT2D eigenvalue weighted by molar-refractivity contribution is 7.89. The number of nitrogens with zero attached hydrogens (tertiary/aromatic N) is 1. The minimum Gasteiger partial charge on any atom is -0.489 e. The summed E-state index contributed by atoms with van der Waals surface area (Å²) < 4.78 is 67.3. The zero-order chi connectivity index (χ0) is 35.8. The van der Waals surface area contributed by atoms with Crippen molar-refractivity contribution < 1.29 is 56.3 Å². The molecule has 3 aliphatic rings. The number of rotatable bonds is 16. The van der Waals surface area contributed by atoms with E-state index in [0.717, 1.165) is 5.56 Å². The van der Waals surface area contributed by atoms with Crippen molar-refractivity contribution in [1.29, 1.82) is 0 Å². The van der Waals surface area contributed by atoms with Gasteiger partial charge >= 0.3 is 12.2 Å². The van der Waals surface area contributed by atoms with Crippen molar-refractivity contribution in [3.05, 3.63) is 48.0 Å². The summed E-state index contributed by atoms with van der Waals surface area (Å²) in [5, 5.41) is 17.1. The van der Waals surface area contributed by atoms with Gasteiger partial charge in [-0.3, -0.25) is 0 Å². The molecule has 276 valence electrons. The molecule has 0 spiro atoms. The Morgan fingerprint density at radius 2 is 1.80 bits per heavy atom. The van der Waals surface area contributed by atoms with Crippen molar-refractivity contribution in [3.8, 4) is 17.2 Å². The number of fused-ring (bicyclic) bond motifs is 2. The van der Waals surface area contributed by atoms with Crippen molar-refractivity contribution >= 4 is 22.2 Å². The third-order valence-corrected chi connectivity index (χ3v) is 10.6. The number of benzene rings is 2. The van der Waals surface area contributed by atoms with Gasteiger partial charge in [-0.05, 0) is 55.0 Å². The molecule has 3 N–H and O–H groups in total. The molecule has 2 fully saturated rings. The second-order valence-corrected chi connectivity index (χ2v) is 14.8. The van der Waals surface area contributed by atoms with Crippen LogP contribution in [-0.4, -0.2) is 107 Å². The van der Waals surface area contributed by atoms with Gasteiger partial charge in [0.05, 0.1) is 49.8 Å². The summed E-state index contributed by atoms with van der Waals surface area (Å²) >= 11 is 0. The van der Waals surface area contributed by atoms with Crippen LogP contribution in [0.4, 0.5) is 9.59 Å². The molecule has 0 radical (unpaired) electrons. The zero-order valence-electron chi connectivity index (χ0n) is 28.7. The number of sulfonamides is 1. The summed E-state index contributed by atoms with van der Waals surface area (Å²) in [6.45, 7) is 6.46. The summed E-state index contributed by atoms with van der Waals surface area (Å²) in [6, 6.07) is 10.5. The number of carbonyl (C=O) groups is 2. The minimum atomic E-state index is -4.10. The Balaban J connectivity index is 1.32. The van der Waals surface area contributed by atoms with E-state index in [9.17, 15) is 23.1 Å². The molecule has 0 aromatic heterocycles. The second kappa shape index (κ2) is 16.9. The summed E-state index contributed by atoms with van der Waals surface area (Å²) in [4.78, 5) is 24.8. The SMILES string of the molecule is CCC(CNC(=O)OC)Oc1ccc(C[C@H](NC(=O)O[C@H]2CO[C@H]3OCC[C@H]32)[C@H](O)CN(CC(C)C)S(=O)(=O)c2ccc3c(c2)OCO3)cc1. The molecule has 2 aromatic carbocycles. The molecule has 2 amide bonds. The Kier molecular flexibility index (Phi) is 12.7. The van der Waals surface area contributed by atoms with Gasteiger partial charge in [0.1, 0.15) is 18.0 Å². The lowest BCUT2D eigenvalue weighted by atomic mass is 10.0. The maximum Gasteiger partial charge on any atom is 0.407 e. The van der Waals surface area contributed by atoms with Crippen LogP contribution >= 0.6 is 0 Å². The Hall–Kier alpha value is -3.83. The fraction of sp³-hybridized carbons (Fsp3) is 0.588. The zero-order valence-corrected chi connectivity index (χ0v) is 29.6. The fourth-order valence-corrected chi connectivity index (χ4v) is 7.68. The van der Waals surface area contributed by atoms with E-state index in [1.54, 1.807) is 24.3 Å². The fourth-order valence-electron chi connectivity index (χ4n) is 6.04. The number of carbonyl (C=O) groups excluding carboxylic acids is 2. The lowest BCUT2D eigenvalue weighted by molar-refractivity contribution is -0.0907. The molecule has 2 aromatic rings. The Labute approximate surface area is 292 Å². The average Bonchev–Trinajstić information content (AvgIpc) is 3.85. The van der Waals surface area contributed by atoms with Crippen LogP contribution in [0.15, 0.2) is 47.4 Å². The molecule has 6 atom stereocenters. The molecule has 0 aliphatic carbocycles. The highest BCUT2D eigenvalue weighted by atomic mass is 32.2. The number of amides is 2. The first kappa shape index (κ1) is 37.4. The number of hydrogen-bond acceptors (Lipinski definition) is 12. The van der Waals surface area contributed by atoms with Crippen LogP contribution in [0.2, 0.25) is 0 Å². The van der Waals surface area contributed by atoms with Crippen LogP contribution in [0.25, 0.3) is 0 Å². The Morgan fingerprint density at radius 1 is 1.04 bits per heavy atom. The summed E-state index contributed by atoms with van der Waals surface area (Å²) in [5.74, 6) is 1.17. The molecule has 50 heavy (non-hydrogen) atoms. The van der Waals surface area contributed by atoms with E-state index in [2.05, 4.69) is 15.4 Å². The van der Waals surface area contributed by atoms with Gasteiger partial charge in [0.25, 0.3) is 0 Å². The second-order valence-electron chi connectivity index (χ2n) is 12.9. The molecule has 2 saturated heterocycles. The largest absolute Gasteiger partial charge is 0.489 e. The molecule has 3 aliphatic heterocycles. The summed E-state index contributed by atoms with van der Waals surface area (Å²) in [5.41, 5.74) is 0.741. The number of nitrogens with one attached hydrogen (secondary N) is 2. The highest BCUT2D eigenvalue weighted by Crippen LogP contribution is 2.35. The smallest absolute Gasteiger partial charge is 0.407 e. The average molecular weight is 722 g/mol. The van der Waals surface area contributed by atoms with Crippen molar-refractivity contribution in [1.82, 2.24) is 14.9 Å². The number of methoxy groups -OCH3 is 1. The summed E-state index contributed by atoms with van der Waals surface area (Å²) in [7, 11) is -2.81. The van der Waals surface area contributed by atoms with Gasteiger partial charge in [-0.2, -0.15) is 4.31 Å². The number of alkyl carbamates (subject to hydrolysis) is 2. The minimum absolute atomic E-state index is 0.00297. The number of ether oxygens (including phenoxy) is 7. The standard InChI is InChI=1S/C34H47N3O12S/c1-5-23(16-35-33(39)43-4)48-24-8-6-22(7-9-24)14-27(36-34(40)49-31-19-45-32-26(31)12-13-44-32)28(38)18-37(17-21(2)3)50(41,42)25-10-11-29-30(15-25)47-20-46-29/h6-11,15,21,23,26-28,31-32,38H,5,12-14,16-20H2,1-4H3,(H,35,39)(H,36,40)/t23?,26-,27-,28+,31-,32+/m0/s1. The maximum absolute atomic E-state index is 13.9. The molecule has 3 heterocycles.